The Morgan fingerprint density at radius 3 is 2.34 bits per heavy atom. The fourth-order valence-corrected chi connectivity index (χ4v) is 4.84. The molecule has 1 saturated carbocycles. The number of nitrogens with zero attached hydrogens (tertiary/aromatic N) is 2. The lowest BCUT2D eigenvalue weighted by Gasteiger charge is -2.34. The molecule has 0 radical (unpaired) electrons. The maximum absolute atomic E-state index is 12.9. The number of amides is 2. The van der Waals surface area contributed by atoms with Crippen LogP contribution in [0.3, 0.4) is 0 Å². The molecule has 2 amide bonds. The Morgan fingerprint density at radius 1 is 0.966 bits per heavy atom. The molecule has 4 rings (SSSR count). The van der Waals surface area contributed by atoms with Crippen molar-refractivity contribution in [3.8, 4) is 0 Å². The Labute approximate surface area is 174 Å². The molecule has 2 saturated heterocycles. The Balaban J connectivity index is 1.32. The number of carbonyl (C=O) groups excluding carboxylic acids is 2. The minimum absolute atomic E-state index is 0.000986. The molecule has 29 heavy (non-hydrogen) atoms. The third-order valence-corrected chi connectivity index (χ3v) is 7.02. The second-order valence-corrected chi connectivity index (χ2v) is 9.37. The molecular formula is C24H35N3O2. The topological polar surface area (TPSA) is 52.7 Å². The van der Waals surface area contributed by atoms with Crippen LogP contribution in [0.25, 0.3) is 0 Å². The minimum atomic E-state index is -0.000986. The molecule has 1 aliphatic carbocycles. The number of likely N-dealkylation sites (tertiary alicyclic amines) is 2. The third kappa shape index (κ3) is 5.39. The van der Waals surface area contributed by atoms with Crippen LogP contribution in [0, 0.1) is 11.8 Å². The number of rotatable bonds is 7. The monoisotopic (exact) mass is 397 g/mol. The first-order chi connectivity index (χ1) is 14.1. The number of hydrogen-bond donors (Lipinski definition) is 1. The molecule has 1 N–H and O–H groups in total. The largest absolute Gasteiger partial charge is 0.350 e. The van der Waals surface area contributed by atoms with Crippen LogP contribution in [-0.4, -0.2) is 59.9 Å². The summed E-state index contributed by atoms with van der Waals surface area (Å²) in [7, 11) is 0. The van der Waals surface area contributed by atoms with Crippen molar-refractivity contribution in [2.45, 2.75) is 64.0 Å². The van der Waals surface area contributed by atoms with Gasteiger partial charge in [-0.05, 0) is 62.5 Å². The number of nitrogens with one attached hydrogen (secondary N) is 1. The standard InChI is InChI=1S/C24H35N3O2/c1-18-11-13-26(14-12-18)23(28)15-21-9-10-22(27(21)17-19-7-8-19)16-25-24(29)20-5-3-2-4-6-20/h2-6,18-19,21-22H,7-17H2,1H3,(H,25,29)/t21-,22+/m1/s1. The van der Waals surface area contributed by atoms with Crippen LogP contribution in [0.15, 0.2) is 30.3 Å². The van der Waals surface area contributed by atoms with Crippen molar-refractivity contribution in [1.29, 1.82) is 0 Å². The summed E-state index contributed by atoms with van der Waals surface area (Å²) in [5.41, 5.74) is 0.713. The number of hydrogen-bond acceptors (Lipinski definition) is 3. The first-order valence-corrected chi connectivity index (χ1v) is 11.5. The van der Waals surface area contributed by atoms with Gasteiger partial charge in [0.2, 0.25) is 5.91 Å². The van der Waals surface area contributed by atoms with Gasteiger partial charge >= 0.3 is 0 Å². The van der Waals surface area contributed by atoms with Crippen LogP contribution in [0.4, 0.5) is 0 Å². The van der Waals surface area contributed by atoms with Crippen LogP contribution in [0.2, 0.25) is 0 Å². The third-order valence-electron chi connectivity index (χ3n) is 7.02. The van der Waals surface area contributed by atoms with Gasteiger partial charge in [-0.1, -0.05) is 25.1 Å². The molecule has 1 aromatic rings. The summed E-state index contributed by atoms with van der Waals surface area (Å²) in [5.74, 6) is 1.86. The minimum Gasteiger partial charge on any atom is -0.350 e. The highest BCUT2D eigenvalue weighted by Gasteiger charge is 2.38. The molecule has 2 atom stereocenters. The van der Waals surface area contributed by atoms with Crippen molar-refractivity contribution < 1.29 is 9.59 Å². The predicted molar refractivity (Wildman–Crippen MR) is 115 cm³/mol. The van der Waals surface area contributed by atoms with E-state index in [4.69, 9.17) is 0 Å². The van der Waals surface area contributed by atoms with Crippen molar-refractivity contribution in [2.24, 2.45) is 11.8 Å². The van der Waals surface area contributed by atoms with E-state index in [9.17, 15) is 9.59 Å². The molecular weight excluding hydrogens is 362 g/mol. The molecule has 1 aromatic carbocycles. The van der Waals surface area contributed by atoms with Crippen molar-refractivity contribution >= 4 is 11.8 Å². The number of carbonyl (C=O) groups is 2. The zero-order chi connectivity index (χ0) is 20.2. The highest BCUT2D eigenvalue weighted by molar-refractivity contribution is 5.94. The molecule has 0 spiro atoms. The summed E-state index contributed by atoms with van der Waals surface area (Å²) in [6, 6.07) is 10.1. The van der Waals surface area contributed by atoms with Crippen LogP contribution >= 0.6 is 0 Å². The average molecular weight is 398 g/mol. The molecule has 2 aliphatic heterocycles. The van der Waals surface area contributed by atoms with Gasteiger partial charge in [0.05, 0.1) is 0 Å². The normalized spacial score (nSPS) is 25.9. The highest BCUT2D eigenvalue weighted by Crippen LogP contribution is 2.35. The zero-order valence-electron chi connectivity index (χ0n) is 17.7. The quantitative estimate of drug-likeness (QED) is 0.768. The van der Waals surface area contributed by atoms with Gasteiger partial charge in [-0.2, -0.15) is 0 Å². The van der Waals surface area contributed by atoms with E-state index >= 15 is 0 Å². The second kappa shape index (κ2) is 9.29. The molecule has 5 heteroatoms. The van der Waals surface area contributed by atoms with E-state index in [-0.39, 0.29) is 5.91 Å². The maximum atomic E-state index is 12.9. The van der Waals surface area contributed by atoms with Crippen molar-refractivity contribution in [3.63, 3.8) is 0 Å². The van der Waals surface area contributed by atoms with Gasteiger partial charge in [0.1, 0.15) is 0 Å². The van der Waals surface area contributed by atoms with Gasteiger partial charge in [-0.3, -0.25) is 14.5 Å². The van der Waals surface area contributed by atoms with E-state index < -0.39 is 0 Å². The van der Waals surface area contributed by atoms with Crippen LogP contribution in [0.5, 0.6) is 0 Å². The van der Waals surface area contributed by atoms with Crippen molar-refractivity contribution in [1.82, 2.24) is 15.1 Å². The van der Waals surface area contributed by atoms with E-state index in [2.05, 4.69) is 22.0 Å². The Kier molecular flexibility index (Phi) is 6.53. The summed E-state index contributed by atoms with van der Waals surface area (Å²) < 4.78 is 0. The summed E-state index contributed by atoms with van der Waals surface area (Å²) in [4.78, 5) is 30.0. The molecule has 5 nitrogen and oxygen atoms in total. The van der Waals surface area contributed by atoms with Crippen LogP contribution in [0.1, 0.15) is 62.2 Å². The number of piperidine rings is 1. The Bertz CT molecular complexity index is 695. The number of benzene rings is 1. The SMILES string of the molecule is CC1CCN(C(=O)C[C@H]2CC[C@@H](CNC(=O)c3ccccc3)N2CC2CC2)CC1. The smallest absolute Gasteiger partial charge is 0.251 e. The predicted octanol–water partition coefficient (Wildman–Crippen LogP) is 3.31. The van der Waals surface area contributed by atoms with Crippen molar-refractivity contribution in [2.75, 3.05) is 26.2 Å². The lowest BCUT2D eigenvalue weighted by atomic mass is 9.98. The van der Waals surface area contributed by atoms with Gasteiger partial charge in [0.15, 0.2) is 0 Å². The summed E-state index contributed by atoms with van der Waals surface area (Å²) in [6.07, 6.45) is 7.66. The zero-order valence-corrected chi connectivity index (χ0v) is 17.7. The summed E-state index contributed by atoms with van der Waals surface area (Å²) in [5, 5.41) is 3.13. The van der Waals surface area contributed by atoms with Gasteiger partial charge < -0.3 is 10.2 Å². The van der Waals surface area contributed by atoms with E-state index in [1.165, 1.54) is 12.8 Å². The molecule has 0 aromatic heterocycles. The Morgan fingerprint density at radius 2 is 1.66 bits per heavy atom. The lowest BCUT2D eigenvalue weighted by molar-refractivity contribution is -0.133. The van der Waals surface area contributed by atoms with Crippen LogP contribution in [-0.2, 0) is 4.79 Å². The van der Waals surface area contributed by atoms with Crippen molar-refractivity contribution in [3.05, 3.63) is 35.9 Å². The van der Waals surface area contributed by atoms with Crippen LogP contribution < -0.4 is 5.32 Å². The van der Waals surface area contributed by atoms with Gasteiger partial charge in [0, 0.05) is 50.2 Å². The Hall–Kier alpha value is -1.88. The highest BCUT2D eigenvalue weighted by atomic mass is 16.2. The molecule has 158 valence electrons. The fourth-order valence-electron chi connectivity index (χ4n) is 4.84. The van der Waals surface area contributed by atoms with E-state index in [0.717, 1.165) is 57.2 Å². The van der Waals surface area contributed by atoms with Gasteiger partial charge in [-0.25, -0.2) is 0 Å². The van der Waals surface area contributed by atoms with E-state index in [0.29, 0.717) is 36.5 Å². The maximum Gasteiger partial charge on any atom is 0.251 e. The first-order valence-electron chi connectivity index (χ1n) is 11.5. The van der Waals surface area contributed by atoms with Gasteiger partial charge in [0.25, 0.3) is 5.91 Å². The molecule has 2 heterocycles. The molecule has 0 bridgehead atoms. The summed E-state index contributed by atoms with van der Waals surface area (Å²) >= 11 is 0. The average Bonchev–Trinajstić information content (AvgIpc) is 3.49. The molecule has 3 fully saturated rings. The first kappa shape index (κ1) is 20.4. The fraction of sp³-hybridized carbons (Fsp3) is 0.667. The lowest BCUT2D eigenvalue weighted by Crippen LogP contribution is -2.46. The second-order valence-electron chi connectivity index (χ2n) is 9.37. The molecule has 3 aliphatic rings. The van der Waals surface area contributed by atoms with E-state index in [1.807, 2.05) is 30.3 Å². The summed E-state index contributed by atoms with van der Waals surface area (Å²) in [6.45, 7) is 5.88. The van der Waals surface area contributed by atoms with E-state index in [1.54, 1.807) is 0 Å². The van der Waals surface area contributed by atoms with Gasteiger partial charge in [-0.15, -0.1) is 0 Å². The molecule has 0 unspecified atom stereocenters.